The summed E-state index contributed by atoms with van der Waals surface area (Å²) in [4.78, 5) is 26.1. The molecule has 0 aliphatic rings. The largest absolute Gasteiger partial charge is 0.462 e. The van der Waals surface area contributed by atoms with Crippen LogP contribution in [0.1, 0.15) is 17.3 Å². The first-order valence-electron chi connectivity index (χ1n) is 8.89. The number of amides is 1. The number of anilines is 1. The lowest BCUT2D eigenvalue weighted by atomic mass is 10.0. The Balaban J connectivity index is 2.29. The van der Waals surface area contributed by atoms with Crippen molar-refractivity contribution in [3.8, 4) is 11.1 Å². The Morgan fingerprint density at radius 1 is 1.21 bits per heavy atom. The summed E-state index contributed by atoms with van der Waals surface area (Å²) in [5.74, 6) is -0.654. The minimum absolute atomic E-state index is 0.186. The standard InChI is InChI=1S/C21H23ClN2O3S/c1-4-11-24(12-5-2)13-18(25)23-20-19(21(26)27-6-3)17(14-28-20)15-7-9-16(22)10-8-15/h4-5,7-10,14H,1-2,6,11-13H2,3H3,(H,23,25)/p+1. The highest BCUT2D eigenvalue weighted by atomic mass is 35.5. The Labute approximate surface area is 174 Å². The molecule has 0 saturated heterocycles. The summed E-state index contributed by atoms with van der Waals surface area (Å²) in [6, 6.07) is 7.18. The number of quaternary nitrogens is 1. The second-order valence-electron chi connectivity index (χ2n) is 6.04. The fraction of sp³-hybridized carbons (Fsp3) is 0.238. The zero-order chi connectivity index (χ0) is 20.5. The molecule has 1 aromatic carbocycles. The van der Waals surface area contributed by atoms with Gasteiger partial charge in [0.15, 0.2) is 6.54 Å². The number of nitrogens with one attached hydrogen (secondary N) is 2. The summed E-state index contributed by atoms with van der Waals surface area (Å²) >= 11 is 7.26. The monoisotopic (exact) mass is 419 g/mol. The first-order chi connectivity index (χ1) is 13.5. The summed E-state index contributed by atoms with van der Waals surface area (Å²) in [6.07, 6.45) is 3.53. The van der Waals surface area contributed by atoms with Gasteiger partial charge in [-0.15, -0.1) is 11.3 Å². The van der Waals surface area contributed by atoms with Gasteiger partial charge < -0.3 is 15.0 Å². The van der Waals surface area contributed by atoms with Crippen LogP contribution in [0, 0.1) is 0 Å². The predicted octanol–water partition coefficient (Wildman–Crippen LogP) is 3.44. The van der Waals surface area contributed by atoms with Gasteiger partial charge in [0.2, 0.25) is 0 Å². The van der Waals surface area contributed by atoms with Gasteiger partial charge in [0.1, 0.15) is 10.6 Å². The zero-order valence-corrected chi connectivity index (χ0v) is 17.4. The number of hydrogen-bond acceptors (Lipinski definition) is 4. The molecule has 0 aliphatic heterocycles. The summed E-state index contributed by atoms with van der Waals surface area (Å²) in [5.41, 5.74) is 1.89. The molecular formula is C21H24ClN2O3S+. The number of esters is 1. The molecule has 0 atom stereocenters. The Kier molecular flexibility index (Phi) is 8.44. The average Bonchev–Trinajstić information content (AvgIpc) is 3.06. The molecular weight excluding hydrogens is 396 g/mol. The minimum atomic E-state index is -0.467. The number of hydrogen-bond donors (Lipinski definition) is 2. The first kappa shape index (κ1) is 21.9. The van der Waals surface area contributed by atoms with Gasteiger partial charge in [-0.1, -0.05) is 36.9 Å². The summed E-state index contributed by atoms with van der Waals surface area (Å²) in [7, 11) is 0. The topological polar surface area (TPSA) is 59.8 Å². The van der Waals surface area contributed by atoms with E-state index < -0.39 is 5.97 Å². The average molecular weight is 420 g/mol. The van der Waals surface area contributed by atoms with Gasteiger partial charge in [0.05, 0.1) is 19.7 Å². The van der Waals surface area contributed by atoms with Gasteiger partial charge >= 0.3 is 5.97 Å². The summed E-state index contributed by atoms with van der Waals surface area (Å²) in [6.45, 7) is 11.0. The van der Waals surface area contributed by atoms with E-state index in [1.165, 1.54) is 11.3 Å². The molecule has 0 radical (unpaired) electrons. The normalized spacial score (nSPS) is 10.5. The van der Waals surface area contributed by atoms with E-state index in [1.54, 1.807) is 31.2 Å². The van der Waals surface area contributed by atoms with E-state index in [-0.39, 0.29) is 19.1 Å². The highest BCUT2D eigenvalue weighted by molar-refractivity contribution is 7.15. The van der Waals surface area contributed by atoms with Crippen molar-refractivity contribution in [1.29, 1.82) is 0 Å². The maximum absolute atomic E-state index is 12.6. The molecule has 2 rings (SSSR count). The van der Waals surface area contributed by atoms with E-state index in [2.05, 4.69) is 18.5 Å². The zero-order valence-electron chi connectivity index (χ0n) is 15.8. The van der Waals surface area contributed by atoms with Crippen LogP contribution in [0.5, 0.6) is 0 Å². The minimum Gasteiger partial charge on any atom is -0.462 e. The molecule has 0 spiro atoms. The molecule has 1 aromatic heterocycles. The van der Waals surface area contributed by atoms with Crippen molar-refractivity contribution in [2.24, 2.45) is 0 Å². The van der Waals surface area contributed by atoms with E-state index in [4.69, 9.17) is 16.3 Å². The quantitative estimate of drug-likeness (QED) is 0.458. The van der Waals surface area contributed by atoms with E-state index >= 15 is 0 Å². The highest BCUT2D eigenvalue weighted by Gasteiger charge is 2.23. The third-order valence-corrected chi connectivity index (χ3v) is 5.10. The highest BCUT2D eigenvalue weighted by Crippen LogP contribution is 2.36. The summed E-state index contributed by atoms with van der Waals surface area (Å²) in [5, 5.41) is 5.78. The third kappa shape index (κ3) is 5.79. The van der Waals surface area contributed by atoms with Crippen molar-refractivity contribution < 1.29 is 19.2 Å². The van der Waals surface area contributed by atoms with E-state index in [0.717, 1.165) is 10.5 Å². The first-order valence-corrected chi connectivity index (χ1v) is 10.2. The second kappa shape index (κ2) is 10.8. The van der Waals surface area contributed by atoms with Crippen molar-refractivity contribution in [1.82, 2.24) is 0 Å². The van der Waals surface area contributed by atoms with Crippen LogP contribution >= 0.6 is 22.9 Å². The maximum Gasteiger partial charge on any atom is 0.341 e. The molecule has 2 N–H and O–H groups in total. The Bertz CT molecular complexity index is 836. The number of halogens is 1. The van der Waals surface area contributed by atoms with E-state index in [0.29, 0.717) is 34.2 Å². The molecule has 0 unspecified atom stereocenters. The molecule has 1 amide bonds. The fourth-order valence-electron chi connectivity index (χ4n) is 2.73. The van der Waals surface area contributed by atoms with Crippen LogP contribution in [0.4, 0.5) is 5.00 Å². The fourth-order valence-corrected chi connectivity index (χ4v) is 3.83. The van der Waals surface area contributed by atoms with Crippen molar-refractivity contribution >= 4 is 39.8 Å². The van der Waals surface area contributed by atoms with Gasteiger partial charge in [0.25, 0.3) is 5.91 Å². The van der Waals surface area contributed by atoms with Crippen LogP contribution in [0.25, 0.3) is 11.1 Å². The van der Waals surface area contributed by atoms with Gasteiger partial charge in [-0.05, 0) is 36.8 Å². The lowest BCUT2D eigenvalue weighted by molar-refractivity contribution is -0.879. The number of rotatable bonds is 10. The maximum atomic E-state index is 12.6. The molecule has 0 aliphatic carbocycles. The van der Waals surface area contributed by atoms with Gasteiger partial charge in [-0.2, -0.15) is 0 Å². The summed E-state index contributed by atoms with van der Waals surface area (Å²) < 4.78 is 5.21. The van der Waals surface area contributed by atoms with Crippen LogP contribution in [-0.4, -0.2) is 38.1 Å². The van der Waals surface area contributed by atoms with E-state index in [1.807, 2.05) is 17.5 Å². The van der Waals surface area contributed by atoms with Gasteiger partial charge in [-0.3, -0.25) is 4.79 Å². The molecule has 2 aromatic rings. The Morgan fingerprint density at radius 3 is 2.43 bits per heavy atom. The smallest absolute Gasteiger partial charge is 0.341 e. The number of benzene rings is 1. The SMILES string of the molecule is C=CC[NH+](CC=C)CC(=O)Nc1scc(-c2ccc(Cl)cc2)c1C(=O)OCC. The lowest BCUT2D eigenvalue weighted by Gasteiger charge is -2.15. The molecule has 0 fully saturated rings. The van der Waals surface area contributed by atoms with E-state index in [9.17, 15) is 9.59 Å². The predicted molar refractivity (Wildman–Crippen MR) is 115 cm³/mol. The number of carbonyl (C=O) groups excluding carboxylic acids is 2. The van der Waals surface area contributed by atoms with Crippen LogP contribution in [-0.2, 0) is 9.53 Å². The van der Waals surface area contributed by atoms with Crippen LogP contribution in [0.3, 0.4) is 0 Å². The van der Waals surface area contributed by atoms with Gasteiger partial charge in [-0.25, -0.2) is 4.79 Å². The number of ether oxygens (including phenoxy) is 1. The molecule has 5 nitrogen and oxygen atoms in total. The van der Waals surface area contributed by atoms with Gasteiger partial charge in [0, 0.05) is 16.0 Å². The second-order valence-corrected chi connectivity index (χ2v) is 7.36. The molecule has 0 saturated carbocycles. The lowest BCUT2D eigenvalue weighted by Crippen LogP contribution is -3.12. The van der Waals surface area contributed by atoms with Crippen molar-refractivity contribution in [3.05, 3.63) is 65.5 Å². The van der Waals surface area contributed by atoms with Crippen molar-refractivity contribution in [3.63, 3.8) is 0 Å². The molecule has 7 heteroatoms. The molecule has 1 heterocycles. The molecule has 28 heavy (non-hydrogen) atoms. The van der Waals surface area contributed by atoms with Crippen LogP contribution in [0.2, 0.25) is 5.02 Å². The Hall–Kier alpha value is -2.41. The van der Waals surface area contributed by atoms with Crippen molar-refractivity contribution in [2.45, 2.75) is 6.92 Å². The third-order valence-electron chi connectivity index (χ3n) is 3.96. The number of thiophene rings is 1. The number of carbonyl (C=O) groups is 2. The van der Waals surface area contributed by atoms with Crippen molar-refractivity contribution in [2.75, 3.05) is 31.6 Å². The molecule has 148 valence electrons. The Morgan fingerprint density at radius 2 is 1.86 bits per heavy atom. The van der Waals surface area contributed by atoms with Crippen LogP contribution < -0.4 is 10.2 Å². The molecule has 0 bridgehead atoms. The van der Waals surface area contributed by atoms with Crippen LogP contribution in [0.15, 0.2) is 55.0 Å².